The summed E-state index contributed by atoms with van der Waals surface area (Å²) < 4.78 is 6.76. The summed E-state index contributed by atoms with van der Waals surface area (Å²) in [6, 6.07) is 5.63. The molecule has 0 radical (unpaired) electrons. The van der Waals surface area contributed by atoms with E-state index in [1.165, 1.54) is 0 Å². The number of hydrogen-bond donors (Lipinski definition) is 3. The molecule has 0 aliphatic carbocycles. The number of benzene rings is 1. The monoisotopic (exact) mass is 387 g/mol. The standard InChI is InChI=1S/C11H11Br2N5O/c1-19-9-3-2-6(4-7(9)12)16-10-8(13)5-15-11(17-10)18-14/h2-5H,14H2,1H3,(H2,15,16,17,18). The average molecular weight is 389 g/mol. The Morgan fingerprint density at radius 3 is 2.68 bits per heavy atom. The van der Waals surface area contributed by atoms with E-state index < -0.39 is 0 Å². The predicted molar refractivity (Wildman–Crippen MR) is 81.5 cm³/mol. The van der Waals surface area contributed by atoms with Crippen LogP contribution in [0.15, 0.2) is 33.3 Å². The molecule has 0 atom stereocenters. The summed E-state index contributed by atoms with van der Waals surface area (Å²) in [5.74, 6) is 6.99. The zero-order valence-corrected chi connectivity index (χ0v) is 13.1. The van der Waals surface area contributed by atoms with Gasteiger partial charge in [0.2, 0.25) is 5.95 Å². The minimum Gasteiger partial charge on any atom is -0.496 e. The van der Waals surface area contributed by atoms with Gasteiger partial charge in [-0.1, -0.05) is 0 Å². The second-order valence-corrected chi connectivity index (χ2v) is 5.22. The van der Waals surface area contributed by atoms with E-state index in [1.54, 1.807) is 13.3 Å². The number of hydrogen-bond acceptors (Lipinski definition) is 6. The van der Waals surface area contributed by atoms with Gasteiger partial charge in [0, 0.05) is 11.9 Å². The van der Waals surface area contributed by atoms with Crippen LogP contribution in [0.5, 0.6) is 5.75 Å². The van der Waals surface area contributed by atoms with Gasteiger partial charge in [-0.2, -0.15) is 4.98 Å². The van der Waals surface area contributed by atoms with Crippen molar-refractivity contribution in [3.63, 3.8) is 0 Å². The van der Waals surface area contributed by atoms with Crippen LogP contribution < -0.4 is 21.3 Å². The van der Waals surface area contributed by atoms with Gasteiger partial charge in [-0.3, -0.25) is 5.43 Å². The maximum Gasteiger partial charge on any atom is 0.239 e. The molecule has 0 amide bonds. The number of nitrogens with two attached hydrogens (primary N) is 1. The molecule has 1 aromatic heterocycles. The molecule has 1 heterocycles. The molecule has 6 nitrogen and oxygen atoms in total. The summed E-state index contributed by atoms with van der Waals surface area (Å²) in [7, 11) is 1.62. The van der Waals surface area contributed by atoms with Crippen LogP contribution in [-0.2, 0) is 0 Å². The van der Waals surface area contributed by atoms with Gasteiger partial charge in [-0.15, -0.1) is 0 Å². The first-order chi connectivity index (χ1) is 9.13. The van der Waals surface area contributed by atoms with Crippen molar-refractivity contribution in [2.75, 3.05) is 17.9 Å². The fraction of sp³-hybridized carbons (Fsp3) is 0.0909. The molecule has 0 fully saturated rings. The molecule has 2 rings (SSSR count). The van der Waals surface area contributed by atoms with Gasteiger partial charge in [0.1, 0.15) is 11.6 Å². The highest BCUT2D eigenvalue weighted by molar-refractivity contribution is 9.11. The molecule has 0 saturated heterocycles. The van der Waals surface area contributed by atoms with E-state index >= 15 is 0 Å². The number of methoxy groups -OCH3 is 1. The lowest BCUT2D eigenvalue weighted by Crippen LogP contribution is -2.11. The van der Waals surface area contributed by atoms with Gasteiger partial charge < -0.3 is 10.1 Å². The van der Waals surface area contributed by atoms with Crippen molar-refractivity contribution in [1.29, 1.82) is 0 Å². The molecule has 0 saturated carbocycles. The summed E-state index contributed by atoms with van der Waals surface area (Å²) >= 11 is 6.80. The minimum absolute atomic E-state index is 0.332. The Balaban J connectivity index is 2.28. The molecule has 0 aliphatic heterocycles. The van der Waals surface area contributed by atoms with Gasteiger partial charge in [-0.25, -0.2) is 10.8 Å². The normalized spacial score (nSPS) is 10.1. The molecule has 0 unspecified atom stereocenters. The van der Waals surface area contributed by atoms with Crippen LogP contribution in [0.4, 0.5) is 17.5 Å². The van der Waals surface area contributed by atoms with Gasteiger partial charge in [-0.05, 0) is 50.1 Å². The quantitative estimate of drug-likeness (QED) is 0.551. The van der Waals surface area contributed by atoms with Crippen molar-refractivity contribution >= 4 is 49.3 Å². The third kappa shape index (κ3) is 3.34. The largest absolute Gasteiger partial charge is 0.496 e. The second kappa shape index (κ2) is 6.18. The second-order valence-electron chi connectivity index (χ2n) is 3.51. The predicted octanol–water partition coefficient (Wildman–Crippen LogP) is 3.04. The molecular weight excluding hydrogens is 378 g/mol. The van der Waals surface area contributed by atoms with Crippen molar-refractivity contribution in [3.8, 4) is 5.75 Å². The maximum absolute atomic E-state index is 5.28. The highest BCUT2D eigenvalue weighted by Gasteiger charge is 2.06. The Morgan fingerprint density at radius 1 is 1.26 bits per heavy atom. The number of rotatable bonds is 4. The first kappa shape index (κ1) is 14.0. The molecule has 4 N–H and O–H groups in total. The third-order valence-corrected chi connectivity index (χ3v) is 3.49. The summed E-state index contributed by atoms with van der Waals surface area (Å²) in [6.07, 6.45) is 1.61. The summed E-state index contributed by atoms with van der Waals surface area (Å²) in [5, 5.41) is 3.16. The third-order valence-electron chi connectivity index (χ3n) is 2.29. The molecule has 0 bridgehead atoms. The van der Waals surface area contributed by atoms with Crippen molar-refractivity contribution in [2.24, 2.45) is 5.84 Å². The van der Waals surface area contributed by atoms with Crippen LogP contribution >= 0.6 is 31.9 Å². The molecule has 2 aromatic rings. The summed E-state index contributed by atoms with van der Waals surface area (Å²) in [6.45, 7) is 0. The zero-order chi connectivity index (χ0) is 13.8. The SMILES string of the molecule is COc1ccc(Nc2nc(NN)ncc2Br)cc1Br. The molecule has 0 spiro atoms. The molecule has 1 aromatic carbocycles. The Morgan fingerprint density at radius 2 is 2.05 bits per heavy atom. The fourth-order valence-electron chi connectivity index (χ4n) is 1.41. The highest BCUT2D eigenvalue weighted by Crippen LogP contribution is 2.30. The highest BCUT2D eigenvalue weighted by atomic mass is 79.9. The van der Waals surface area contributed by atoms with Crippen LogP contribution in [0.3, 0.4) is 0 Å². The van der Waals surface area contributed by atoms with Gasteiger partial charge in [0.25, 0.3) is 0 Å². The van der Waals surface area contributed by atoms with E-state index in [9.17, 15) is 0 Å². The van der Waals surface area contributed by atoms with E-state index in [1.807, 2.05) is 18.2 Å². The summed E-state index contributed by atoms with van der Waals surface area (Å²) in [4.78, 5) is 8.19. The van der Waals surface area contributed by atoms with Gasteiger partial charge in [0.05, 0.1) is 16.1 Å². The molecule has 8 heteroatoms. The number of nitrogens with one attached hydrogen (secondary N) is 2. The number of halogens is 2. The molecule has 100 valence electrons. The Kier molecular flexibility index (Phi) is 4.56. The van der Waals surface area contributed by atoms with E-state index in [0.717, 1.165) is 20.4 Å². The van der Waals surface area contributed by atoms with E-state index in [2.05, 4.69) is 52.6 Å². The van der Waals surface area contributed by atoms with E-state index in [-0.39, 0.29) is 0 Å². The number of hydrazine groups is 1. The van der Waals surface area contributed by atoms with Crippen molar-refractivity contribution in [2.45, 2.75) is 0 Å². The summed E-state index contributed by atoms with van der Waals surface area (Å²) in [5.41, 5.74) is 3.25. The fourth-order valence-corrected chi connectivity index (χ4v) is 2.24. The van der Waals surface area contributed by atoms with Crippen molar-refractivity contribution in [3.05, 3.63) is 33.3 Å². The van der Waals surface area contributed by atoms with Crippen molar-refractivity contribution < 1.29 is 4.74 Å². The lowest BCUT2D eigenvalue weighted by Gasteiger charge is -2.10. The van der Waals surface area contributed by atoms with Crippen LogP contribution in [-0.4, -0.2) is 17.1 Å². The van der Waals surface area contributed by atoms with Gasteiger partial charge >= 0.3 is 0 Å². The minimum atomic E-state index is 0.332. The number of nitrogen functional groups attached to an aromatic ring is 1. The average Bonchev–Trinajstić information content (AvgIpc) is 2.41. The Hall–Kier alpha value is -1.38. The maximum atomic E-state index is 5.28. The molecule has 19 heavy (non-hydrogen) atoms. The Bertz CT molecular complexity index is 593. The van der Waals surface area contributed by atoms with E-state index in [0.29, 0.717) is 11.8 Å². The Labute approximate surface area is 127 Å². The van der Waals surface area contributed by atoms with Crippen LogP contribution in [0.25, 0.3) is 0 Å². The van der Waals surface area contributed by atoms with Crippen LogP contribution in [0.1, 0.15) is 0 Å². The topological polar surface area (TPSA) is 85.1 Å². The smallest absolute Gasteiger partial charge is 0.239 e. The van der Waals surface area contributed by atoms with Gasteiger partial charge in [0.15, 0.2) is 0 Å². The van der Waals surface area contributed by atoms with E-state index in [4.69, 9.17) is 10.6 Å². The number of aromatic nitrogens is 2. The zero-order valence-electron chi connectivity index (χ0n) is 9.95. The number of ether oxygens (including phenoxy) is 1. The lowest BCUT2D eigenvalue weighted by molar-refractivity contribution is 0.412. The molecular formula is C11H11Br2N5O. The number of nitrogens with zero attached hydrogens (tertiary/aromatic N) is 2. The van der Waals surface area contributed by atoms with Crippen molar-refractivity contribution in [1.82, 2.24) is 9.97 Å². The lowest BCUT2D eigenvalue weighted by atomic mass is 10.3. The van der Waals surface area contributed by atoms with Crippen LogP contribution in [0.2, 0.25) is 0 Å². The first-order valence-electron chi connectivity index (χ1n) is 5.23. The van der Waals surface area contributed by atoms with Crippen LogP contribution in [0, 0.1) is 0 Å². The molecule has 0 aliphatic rings. The number of anilines is 3. The first-order valence-corrected chi connectivity index (χ1v) is 6.82.